The van der Waals surface area contributed by atoms with Gasteiger partial charge < -0.3 is 19.7 Å². The number of ether oxygens (including phenoxy) is 2. The zero-order valence-corrected chi connectivity index (χ0v) is 24.2. The highest BCUT2D eigenvalue weighted by atomic mass is 79.9. The van der Waals surface area contributed by atoms with Crippen LogP contribution in [0.3, 0.4) is 0 Å². The summed E-state index contributed by atoms with van der Waals surface area (Å²) in [5.41, 5.74) is 3.61. The third kappa shape index (κ3) is 7.26. The first-order valence-electron chi connectivity index (χ1n) is 13.0. The Hall–Kier alpha value is -3.65. The third-order valence-corrected chi connectivity index (χ3v) is 7.12. The van der Waals surface area contributed by atoms with Gasteiger partial charge in [-0.05, 0) is 77.6 Å². The standard InChI is InChI=1S/C31H33BrN2O5/c1-5-20-16-23(32)8-15-27(20)33-28(35)19-38-30(37)21-17-29(36)34(18-21)24-9-13-26(14-10-24)39-25-11-6-22(7-12-25)31(2,3)4/h6-16,21H,5,17-19H2,1-4H3,(H,33,35)/t21-/m0/s1. The molecule has 0 bridgehead atoms. The molecule has 7 nitrogen and oxygen atoms in total. The Kier molecular flexibility index (Phi) is 8.75. The zero-order chi connectivity index (χ0) is 28.2. The molecular formula is C31H33BrN2O5. The smallest absolute Gasteiger partial charge is 0.311 e. The average Bonchev–Trinajstić information content (AvgIpc) is 3.30. The van der Waals surface area contributed by atoms with Gasteiger partial charge in [0.1, 0.15) is 11.5 Å². The Morgan fingerprint density at radius 1 is 1.00 bits per heavy atom. The first-order chi connectivity index (χ1) is 18.5. The maximum atomic E-state index is 12.7. The van der Waals surface area contributed by atoms with Gasteiger partial charge >= 0.3 is 5.97 Å². The largest absolute Gasteiger partial charge is 0.457 e. The average molecular weight is 594 g/mol. The summed E-state index contributed by atoms with van der Waals surface area (Å²) in [6.07, 6.45) is 0.776. The number of hydrogen-bond acceptors (Lipinski definition) is 5. The van der Waals surface area contributed by atoms with Crippen LogP contribution in [0.25, 0.3) is 0 Å². The van der Waals surface area contributed by atoms with Crippen LogP contribution >= 0.6 is 15.9 Å². The molecule has 0 spiro atoms. The number of aryl methyl sites for hydroxylation is 1. The van der Waals surface area contributed by atoms with E-state index in [0.29, 0.717) is 17.1 Å². The van der Waals surface area contributed by atoms with Crippen LogP contribution in [0.4, 0.5) is 11.4 Å². The van der Waals surface area contributed by atoms with E-state index < -0.39 is 24.4 Å². The summed E-state index contributed by atoms with van der Waals surface area (Å²) < 4.78 is 12.1. The third-order valence-electron chi connectivity index (χ3n) is 6.63. The monoisotopic (exact) mass is 592 g/mol. The molecule has 3 aromatic rings. The van der Waals surface area contributed by atoms with E-state index in [9.17, 15) is 14.4 Å². The molecule has 1 heterocycles. The summed E-state index contributed by atoms with van der Waals surface area (Å²) in [4.78, 5) is 39.2. The predicted octanol–water partition coefficient (Wildman–Crippen LogP) is 6.64. The number of carbonyl (C=O) groups excluding carboxylic acids is 3. The molecule has 2 amide bonds. The van der Waals surface area contributed by atoms with Crippen molar-refractivity contribution in [2.45, 2.75) is 46.0 Å². The molecule has 8 heteroatoms. The fraction of sp³-hybridized carbons (Fsp3) is 0.323. The molecule has 0 aromatic heterocycles. The minimum absolute atomic E-state index is 0.0333. The van der Waals surface area contributed by atoms with Gasteiger partial charge in [0.05, 0.1) is 5.92 Å². The number of halogens is 1. The number of carbonyl (C=O) groups is 3. The quantitative estimate of drug-likeness (QED) is 0.296. The molecule has 1 aliphatic heterocycles. The Labute approximate surface area is 237 Å². The van der Waals surface area contributed by atoms with Gasteiger partial charge in [-0.1, -0.05) is 55.8 Å². The number of benzene rings is 3. The van der Waals surface area contributed by atoms with Crippen LogP contribution in [0.1, 0.15) is 45.2 Å². The number of nitrogens with zero attached hydrogens (tertiary/aromatic N) is 1. The Bertz CT molecular complexity index is 1350. The fourth-order valence-corrected chi connectivity index (χ4v) is 4.79. The van der Waals surface area contributed by atoms with Crippen molar-refractivity contribution < 1.29 is 23.9 Å². The number of nitrogens with one attached hydrogen (secondary N) is 1. The first-order valence-corrected chi connectivity index (χ1v) is 13.8. The van der Waals surface area contributed by atoms with Gasteiger partial charge in [0.15, 0.2) is 6.61 Å². The van der Waals surface area contributed by atoms with Gasteiger partial charge in [-0.3, -0.25) is 14.4 Å². The molecule has 1 N–H and O–H groups in total. The van der Waals surface area contributed by atoms with Crippen molar-refractivity contribution in [3.63, 3.8) is 0 Å². The highest BCUT2D eigenvalue weighted by Gasteiger charge is 2.36. The molecule has 1 aliphatic rings. The predicted molar refractivity (Wildman–Crippen MR) is 155 cm³/mol. The van der Waals surface area contributed by atoms with Crippen LogP contribution in [-0.4, -0.2) is 30.9 Å². The number of rotatable bonds is 8. The van der Waals surface area contributed by atoms with Gasteiger partial charge in [0.2, 0.25) is 5.91 Å². The normalized spacial score (nSPS) is 15.3. The van der Waals surface area contributed by atoms with Gasteiger partial charge in [0, 0.05) is 28.8 Å². The molecule has 3 aromatic carbocycles. The second-order valence-electron chi connectivity index (χ2n) is 10.6. The summed E-state index contributed by atoms with van der Waals surface area (Å²) >= 11 is 3.42. The highest BCUT2D eigenvalue weighted by Crippen LogP contribution is 2.30. The highest BCUT2D eigenvalue weighted by molar-refractivity contribution is 9.10. The fourth-order valence-electron chi connectivity index (χ4n) is 4.39. The summed E-state index contributed by atoms with van der Waals surface area (Å²) in [6, 6.07) is 20.7. The second-order valence-corrected chi connectivity index (χ2v) is 11.5. The van der Waals surface area contributed by atoms with E-state index in [0.717, 1.165) is 22.2 Å². The van der Waals surface area contributed by atoms with Crippen molar-refractivity contribution in [2.75, 3.05) is 23.4 Å². The van der Waals surface area contributed by atoms with Crippen LogP contribution in [0.5, 0.6) is 11.5 Å². The lowest BCUT2D eigenvalue weighted by molar-refractivity contribution is -0.151. The van der Waals surface area contributed by atoms with Crippen LogP contribution < -0.4 is 15.0 Å². The van der Waals surface area contributed by atoms with E-state index in [-0.39, 0.29) is 24.3 Å². The minimum Gasteiger partial charge on any atom is -0.457 e. The van der Waals surface area contributed by atoms with Crippen molar-refractivity contribution in [3.8, 4) is 11.5 Å². The van der Waals surface area contributed by atoms with Crippen molar-refractivity contribution in [3.05, 3.63) is 82.3 Å². The lowest BCUT2D eigenvalue weighted by atomic mass is 9.87. The van der Waals surface area contributed by atoms with Crippen molar-refractivity contribution in [1.82, 2.24) is 0 Å². The van der Waals surface area contributed by atoms with Crippen molar-refractivity contribution >= 4 is 45.1 Å². The molecule has 4 rings (SSSR count). The molecular weight excluding hydrogens is 560 g/mol. The molecule has 0 unspecified atom stereocenters. The Morgan fingerprint density at radius 2 is 1.64 bits per heavy atom. The Morgan fingerprint density at radius 3 is 2.26 bits per heavy atom. The molecule has 1 saturated heterocycles. The molecule has 0 aliphatic carbocycles. The summed E-state index contributed by atoms with van der Waals surface area (Å²) in [6.45, 7) is 8.26. The molecule has 0 radical (unpaired) electrons. The topological polar surface area (TPSA) is 84.9 Å². The Balaban J connectivity index is 1.29. The lowest BCUT2D eigenvalue weighted by Gasteiger charge is -2.19. The van der Waals surface area contributed by atoms with E-state index >= 15 is 0 Å². The summed E-state index contributed by atoms with van der Waals surface area (Å²) in [5, 5.41) is 2.78. The number of hydrogen-bond donors (Lipinski definition) is 1. The number of anilines is 2. The first kappa shape index (κ1) is 28.4. The number of amides is 2. The lowest BCUT2D eigenvalue weighted by Crippen LogP contribution is -2.28. The van der Waals surface area contributed by atoms with E-state index in [1.54, 1.807) is 35.2 Å². The molecule has 1 atom stereocenters. The van der Waals surface area contributed by atoms with E-state index in [1.807, 2.05) is 31.2 Å². The van der Waals surface area contributed by atoms with Gasteiger partial charge in [0.25, 0.3) is 5.91 Å². The maximum absolute atomic E-state index is 12.7. The summed E-state index contributed by atoms with van der Waals surface area (Å²) in [5.74, 6) is -0.424. The molecule has 204 valence electrons. The van der Waals surface area contributed by atoms with E-state index in [2.05, 4.69) is 54.2 Å². The van der Waals surface area contributed by atoms with E-state index in [4.69, 9.17) is 9.47 Å². The second kappa shape index (κ2) is 12.0. The zero-order valence-electron chi connectivity index (χ0n) is 22.6. The number of esters is 1. The molecule has 39 heavy (non-hydrogen) atoms. The summed E-state index contributed by atoms with van der Waals surface area (Å²) in [7, 11) is 0. The minimum atomic E-state index is -0.638. The van der Waals surface area contributed by atoms with Gasteiger partial charge in [-0.15, -0.1) is 0 Å². The van der Waals surface area contributed by atoms with Crippen LogP contribution in [0.15, 0.2) is 71.2 Å². The van der Waals surface area contributed by atoms with Crippen molar-refractivity contribution in [1.29, 1.82) is 0 Å². The maximum Gasteiger partial charge on any atom is 0.311 e. The van der Waals surface area contributed by atoms with Crippen LogP contribution in [-0.2, 0) is 31.0 Å². The van der Waals surface area contributed by atoms with Crippen LogP contribution in [0, 0.1) is 5.92 Å². The van der Waals surface area contributed by atoms with Crippen LogP contribution in [0.2, 0.25) is 0 Å². The molecule has 0 saturated carbocycles. The van der Waals surface area contributed by atoms with E-state index in [1.165, 1.54) is 5.56 Å². The van der Waals surface area contributed by atoms with Gasteiger partial charge in [-0.25, -0.2) is 0 Å². The van der Waals surface area contributed by atoms with Gasteiger partial charge in [-0.2, -0.15) is 0 Å². The molecule has 1 fully saturated rings. The SMILES string of the molecule is CCc1cc(Br)ccc1NC(=O)COC(=O)[C@H]1CC(=O)N(c2ccc(Oc3ccc(C(C)(C)C)cc3)cc2)C1. The van der Waals surface area contributed by atoms with Crippen molar-refractivity contribution in [2.24, 2.45) is 5.92 Å².